The van der Waals surface area contributed by atoms with Crippen LogP contribution in [-0.2, 0) is 7.05 Å². The maximum absolute atomic E-state index is 13.1. The normalized spacial score (nSPS) is 18.9. The van der Waals surface area contributed by atoms with Crippen molar-refractivity contribution in [1.29, 1.82) is 0 Å². The third-order valence-corrected chi connectivity index (χ3v) is 5.42. The molecule has 0 bridgehead atoms. The van der Waals surface area contributed by atoms with Crippen molar-refractivity contribution in [3.63, 3.8) is 0 Å². The van der Waals surface area contributed by atoms with E-state index in [9.17, 15) is 9.59 Å². The zero-order chi connectivity index (χ0) is 19.0. The van der Waals surface area contributed by atoms with E-state index in [1.54, 1.807) is 28.8 Å². The van der Waals surface area contributed by atoms with Gasteiger partial charge < -0.3 is 10.6 Å². The minimum atomic E-state index is -0.321. The molecule has 1 aromatic heterocycles. The highest BCUT2D eigenvalue weighted by Crippen LogP contribution is 2.32. The first-order valence-corrected chi connectivity index (χ1v) is 9.10. The largest absolute Gasteiger partial charge is 0.336 e. The fraction of sp³-hybridized carbons (Fsp3) is 0.286. The second-order valence-electron chi connectivity index (χ2n) is 7.04. The number of halogens is 1. The summed E-state index contributed by atoms with van der Waals surface area (Å²) in [6.45, 7) is 1.57. The number of rotatable bonds is 3. The van der Waals surface area contributed by atoms with Crippen molar-refractivity contribution < 1.29 is 4.79 Å². The topological polar surface area (TPSA) is 81.2 Å². The SMILES string of the molecule is Cl.Cn1nc(C(=O)N2C[C@@H](CN)[C@H](c3ccccc3)C2)c(=O)c2ccccc21. The van der Waals surface area contributed by atoms with Gasteiger partial charge in [0.25, 0.3) is 5.91 Å². The van der Waals surface area contributed by atoms with E-state index in [2.05, 4.69) is 17.2 Å². The molecular formula is C21H23ClN4O2. The minimum Gasteiger partial charge on any atom is -0.336 e. The van der Waals surface area contributed by atoms with Gasteiger partial charge in [-0.3, -0.25) is 14.3 Å². The lowest BCUT2D eigenvalue weighted by Gasteiger charge is -2.17. The molecular weight excluding hydrogens is 376 g/mol. The molecule has 6 nitrogen and oxygen atoms in total. The van der Waals surface area contributed by atoms with Crippen LogP contribution in [-0.4, -0.2) is 40.2 Å². The lowest BCUT2D eigenvalue weighted by molar-refractivity contribution is 0.0777. The molecule has 0 spiro atoms. The van der Waals surface area contributed by atoms with Gasteiger partial charge in [0.2, 0.25) is 5.43 Å². The van der Waals surface area contributed by atoms with Crippen molar-refractivity contribution in [3.05, 3.63) is 76.1 Å². The van der Waals surface area contributed by atoms with Gasteiger partial charge in [0.05, 0.1) is 5.52 Å². The Labute approximate surface area is 169 Å². The van der Waals surface area contributed by atoms with E-state index in [0.717, 1.165) is 0 Å². The van der Waals surface area contributed by atoms with Crippen molar-refractivity contribution in [2.75, 3.05) is 19.6 Å². The summed E-state index contributed by atoms with van der Waals surface area (Å²) in [5, 5.41) is 4.78. The molecule has 0 aliphatic carbocycles. The van der Waals surface area contributed by atoms with Crippen LogP contribution in [0.5, 0.6) is 0 Å². The Kier molecular flexibility index (Phi) is 5.82. The number of carbonyl (C=O) groups is 1. The van der Waals surface area contributed by atoms with Crippen LogP contribution < -0.4 is 11.2 Å². The average Bonchev–Trinajstić information content (AvgIpc) is 3.15. The van der Waals surface area contributed by atoms with E-state index in [0.29, 0.717) is 30.5 Å². The number of fused-ring (bicyclic) bond motifs is 1. The van der Waals surface area contributed by atoms with E-state index in [4.69, 9.17) is 5.73 Å². The number of hydrogen-bond donors (Lipinski definition) is 1. The molecule has 3 aromatic rings. The van der Waals surface area contributed by atoms with Gasteiger partial charge >= 0.3 is 0 Å². The zero-order valence-corrected chi connectivity index (χ0v) is 16.4. The Morgan fingerprint density at radius 2 is 1.79 bits per heavy atom. The molecule has 1 fully saturated rings. The molecule has 0 unspecified atom stereocenters. The van der Waals surface area contributed by atoms with Crippen LogP contribution in [0.15, 0.2) is 59.4 Å². The Hall–Kier alpha value is -2.70. The highest BCUT2D eigenvalue weighted by molar-refractivity contribution is 5.95. The first-order chi connectivity index (χ1) is 13.1. The number of nitrogens with two attached hydrogens (primary N) is 1. The predicted octanol–water partition coefficient (Wildman–Crippen LogP) is 2.17. The number of nitrogens with zero attached hydrogens (tertiary/aromatic N) is 3. The van der Waals surface area contributed by atoms with Crippen LogP contribution >= 0.6 is 12.4 Å². The van der Waals surface area contributed by atoms with E-state index in [-0.39, 0.29) is 41.3 Å². The van der Waals surface area contributed by atoms with Gasteiger partial charge in [-0.1, -0.05) is 42.5 Å². The number of amides is 1. The van der Waals surface area contributed by atoms with Crippen molar-refractivity contribution in [1.82, 2.24) is 14.7 Å². The van der Waals surface area contributed by atoms with Gasteiger partial charge in [0.1, 0.15) is 0 Å². The molecule has 2 atom stereocenters. The monoisotopic (exact) mass is 398 g/mol. The highest BCUT2D eigenvalue weighted by atomic mass is 35.5. The van der Waals surface area contributed by atoms with Crippen molar-refractivity contribution >= 4 is 29.2 Å². The van der Waals surface area contributed by atoms with Gasteiger partial charge in [-0.15, -0.1) is 12.4 Å². The third-order valence-electron chi connectivity index (χ3n) is 5.42. The second-order valence-corrected chi connectivity index (χ2v) is 7.04. The molecule has 7 heteroatoms. The molecule has 0 radical (unpaired) electrons. The van der Waals surface area contributed by atoms with Gasteiger partial charge in [0, 0.05) is 31.4 Å². The van der Waals surface area contributed by atoms with Crippen LogP contribution in [0.3, 0.4) is 0 Å². The fourth-order valence-electron chi connectivity index (χ4n) is 3.97. The van der Waals surface area contributed by atoms with Crippen LogP contribution in [0, 0.1) is 5.92 Å². The predicted molar refractivity (Wildman–Crippen MR) is 112 cm³/mol. The molecule has 2 aromatic carbocycles. The van der Waals surface area contributed by atoms with Gasteiger partial charge in [-0.25, -0.2) is 0 Å². The summed E-state index contributed by atoms with van der Waals surface area (Å²) < 4.78 is 1.59. The van der Waals surface area contributed by atoms with Crippen molar-refractivity contribution in [3.8, 4) is 0 Å². The number of carbonyl (C=O) groups excluding carboxylic acids is 1. The van der Waals surface area contributed by atoms with Gasteiger partial charge in [0.15, 0.2) is 5.69 Å². The first-order valence-electron chi connectivity index (χ1n) is 9.10. The van der Waals surface area contributed by atoms with Gasteiger partial charge in [-0.05, 0) is 30.2 Å². The van der Waals surface area contributed by atoms with E-state index >= 15 is 0 Å². The average molecular weight is 399 g/mol. The number of aryl methyl sites for hydroxylation is 1. The molecule has 146 valence electrons. The quantitative estimate of drug-likeness (QED) is 0.733. The van der Waals surface area contributed by atoms with E-state index in [1.807, 2.05) is 30.3 Å². The summed E-state index contributed by atoms with van der Waals surface area (Å²) in [6, 6.07) is 17.3. The van der Waals surface area contributed by atoms with E-state index in [1.165, 1.54) is 5.56 Å². The molecule has 1 aliphatic rings. The Morgan fingerprint density at radius 3 is 2.50 bits per heavy atom. The number of hydrogen-bond acceptors (Lipinski definition) is 4. The van der Waals surface area contributed by atoms with E-state index < -0.39 is 0 Å². The van der Waals surface area contributed by atoms with Crippen molar-refractivity contribution in [2.24, 2.45) is 18.7 Å². The number of benzene rings is 2. The molecule has 0 saturated carbocycles. The molecule has 2 N–H and O–H groups in total. The summed E-state index contributed by atoms with van der Waals surface area (Å²) in [6.07, 6.45) is 0. The maximum atomic E-state index is 13.1. The summed E-state index contributed by atoms with van der Waals surface area (Å²) >= 11 is 0. The molecule has 4 rings (SSSR count). The summed E-state index contributed by atoms with van der Waals surface area (Å²) in [5.74, 6) is 0.0170. The Bertz CT molecular complexity index is 1050. The molecule has 2 heterocycles. The number of para-hydroxylation sites is 1. The molecule has 1 saturated heterocycles. The summed E-state index contributed by atoms with van der Waals surface area (Å²) in [5.41, 5.74) is 7.51. The lowest BCUT2D eigenvalue weighted by atomic mass is 9.89. The summed E-state index contributed by atoms with van der Waals surface area (Å²) in [4.78, 5) is 27.7. The molecule has 28 heavy (non-hydrogen) atoms. The third kappa shape index (κ3) is 3.41. The molecule has 1 aliphatic heterocycles. The fourth-order valence-corrected chi connectivity index (χ4v) is 3.97. The highest BCUT2D eigenvalue weighted by Gasteiger charge is 2.37. The van der Waals surface area contributed by atoms with Crippen LogP contribution in [0.2, 0.25) is 0 Å². The Morgan fingerprint density at radius 1 is 1.11 bits per heavy atom. The molecule has 1 amide bonds. The maximum Gasteiger partial charge on any atom is 0.278 e. The lowest BCUT2D eigenvalue weighted by Crippen LogP contribution is -2.35. The standard InChI is InChI=1S/C21H22N4O2.ClH/c1-24-18-10-6-5-9-16(18)20(26)19(23-24)21(27)25-12-15(11-22)17(13-25)14-7-3-2-4-8-14;/h2-10,15,17H,11-13,22H2,1H3;1H/t15-,17+;/m1./s1. The summed E-state index contributed by atoms with van der Waals surface area (Å²) in [7, 11) is 1.75. The van der Waals surface area contributed by atoms with Crippen molar-refractivity contribution in [2.45, 2.75) is 5.92 Å². The first kappa shape index (κ1) is 20.0. The van der Waals surface area contributed by atoms with Crippen LogP contribution in [0.25, 0.3) is 10.9 Å². The zero-order valence-electron chi connectivity index (χ0n) is 15.6. The second kappa shape index (κ2) is 8.12. The number of aromatic nitrogens is 2. The van der Waals surface area contributed by atoms with Crippen LogP contribution in [0.4, 0.5) is 0 Å². The van der Waals surface area contributed by atoms with Gasteiger partial charge in [-0.2, -0.15) is 5.10 Å². The smallest absolute Gasteiger partial charge is 0.278 e. The number of likely N-dealkylation sites (tertiary alicyclic amines) is 1. The minimum absolute atomic E-state index is 0. The Balaban J connectivity index is 0.00000225. The van der Waals surface area contributed by atoms with Crippen LogP contribution in [0.1, 0.15) is 22.0 Å².